The number of hydrogen-bond acceptors (Lipinski definition) is 2. The van der Waals surface area contributed by atoms with E-state index < -0.39 is 0 Å². The van der Waals surface area contributed by atoms with Gasteiger partial charge in [0.2, 0.25) is 11.8 Å². The summed E-state index contributed by atoms with van der Waals surface area (Å²) in [7, 11) is 0. The lowest BCUT2D eigenvalue weighted by Gasteiger charge is -2.29. The molecule has 0 heterocycles. The van der Waals surface area contributed by atoms with E-state index in [-0.39, 0.29) is 24.4 Å². The average molecular weight is 268 g/mol. The standard InChI is InChI=1S/C15H28N2O2/c1-12(2)10-16-15(19)11-17(13(3)18)14-8-6-4-5-7-9-14/h12,14H,4-11H2,1-3H3,(H,16,19). The lowest BCUT2D eigenvalue weighted by molar-refractivity contribution is -0.136. The second-order valence-corrected chi connectivity index (χ2v) is 5.99. The van der Waals surface area contributed by atoms with Crippen LogP contribution >= 0.6 is 0 Å². The van der Waals surface area contributed by atoms with Crippen molar-refractivity contribution in [2.24, 2.45) is 5.92 Å². The van der Waals surface area contributed by atoms with Crippen molar-refractivity contribution in [1.29, 1.82) is 0 Å². The van der Waals surface area contributed by atoms with Gasteiger partial charge in [0, 0.05) is 19.5 Å². The van der Waals surface area contributed by atoms with E-state index in [1.165, 1.54) is 25.7 Å². The fourth-order valence-electron chi connectivity index (χ4n) is 2.60. The highest BCUT2D eigenvalue weighted by molar-refractivity contribution is 5.83. The van der Waals surface area contributed by atoms with E-state index >= 15 is 0 Å². The Labute approximate surface area is 116 Å². The largest absolute Gasteiger partial charge is 0.354 e. The molecule has 19 heavy (non-hydrogen) atoms. The van der Waals surface area contributed by atoms with Crippen molar-refractivity contribution in [2.75, 3.05) is 13.1 Å². The van der Waals surface area contributed by atoms with E-state index in [9.17, 15) is 9.59 Å². The molecule has 1 aliphatic rings. The Balaban J connectivity index is 2.51. The summed E-state index contributed by atoms with van der Waals surface area (Å²) < 4.78 is 0. The molecule has 0 aromatic heterocycles. The lowest BCUT2D eigenvalue weighted by Crippen LogP contribution is -2.45. The minimum atomic E-state index is -0.0341. The quantitative estimate of drug-likeness (QED) is 0.778. The van der Waals surface area contributed by atoms with Gasteiger partial charge in [-0.3, -0.25) is 9.59 Å². The Kier molecular flexibility index (Phi) is 6.89. The first kappa shape index (κ1) is 16.0. The molecular weight excluding hydrogens is 240 g/mol. The first-order valence-corrected chi connectivity index (χ1v) is 7.54. The highest BCUT2D eigenvalue weighted by atomic mass is 16.2. The van der Waals surface area contributed by atoms with Crippen molar-refractivity contribution < 1.29 is 9.59 Å². The minimum Gasteiger partial charge on any atom is -0.354 e. The lowest BCUT2D eigenvalue weighted by atomic mass is 10.1. The number of hydrogen-bond donors (Lipinski definition) is 1. The predicted molar refractivity (Wildman–Crippen MR) is 76.7 cm³/mol. The number of carbonyl (C=O) groups excluding carboxylic acids is 2. The molecule has 0 aromatic rings. The Bertz CT molecular complexity index is 295. The molecule has 1 fully saturated rings. The van der Waals surface area contributed by atoms with Gasteiger partial charge in [0.15, 0.2) is 0 Å². The first-order chi connectivity index (χ1) is 9.00. The van der Waals surface area contributed by atoms with Gasteiger partial charge in [-0.1, -0.05) is 39.5 Å². The van der Waals surface area contributed by atoms with Crippen molar-refractivity contribution in [2.45, 2.75) is 65.3 Å². The Morgan fingerprint density at radius 2 is 1.74 bits per heavy atom. The molecule has 2 amide bonds. The van der Waals surface area contributed by atoms with E-state index in [0.29, 0.717) is 12.5 Å². The van der Waals surface area contributed by atoms with Crippen LogP contribution < -0.4 is 5.32 Å². The molecule has 0 saturated heterocycles. The van der Waals surface area contributed by atoms with E-state index in [1.54, 1.807) is 11.8 Å². The minimum absolute atomic E-state index is 0.0200. The molecule has 0 aliphatic heterocycles. The molecule has 0 bridgehead atoms. The van der Waals surface area contributed by atoms with Gasteiger partial charge >= 0.3 is 0 Å². The maximum absolute atomic E-state index is 11.9. The van der Waals surface area contributed by atoms with Crippen molar-refractivity contribution in [1.82, 2.24) is 10.2 Å². The highest BCUT2D eigenvalue weighted by Gasteiger charge is 2.24. The van der Waals surface area contributed by atoms with Crippen LogP contribution in [0.3, 0.4) is 0 Å². The zero-order chi connectivity index (χ0) is 14.3. The molecule has 1 rings (SSSR count). The van der Waals surface area contributed by atoms with Gasteiger partial charge in [0.25, 0.3) is 0 Å². The van der Waals surface area contributed by atoms with Crippen molar-refractivity contribution >= 4 is 11.8 Å². The molecule has 0 aromatic carbocycles. The van der Waals surface area contributed by atoms with Crippen LogP contribution in [0.15, 0.2) is 0 Å². The van der Waals surface area contributed by atoms with E-state index in [2.05, 4.69) is 19.2 Å². The molecule has 0 atom stereocenters. The molecule has 1 N–H and O–H groups in total. The third kappa shape index (κ3) is 6.08. The van der Waals surface area contributed by atoms with Gasteiger partial charge in [0.05, 0.1) is 6.54 Å². The summed E-state index contributed by atoms with van der Waals surface area (Å²) in [6.07, 6.45) is 6.92. The number of nitrogens with one attached hydrogen (secondary N) is 1. The maximum atomic E-state index is 11.9. The van der Waals surface area contributed by atoms with Crippen LogP contribution in [0.4, 0.5) is 0 Å². The molecular formula is C15H28N2O2. The monoisotopic (exact) mass is 268 g/mol. The second kappa shape index (κ2) is 8.18. The van der Waals surface area contributed by atoms with Crippen molar-refractivity contribution in [3.05, 3.63) is 0 Å². The van der Waals surface area contributed by atoms with Crippen LogP contribution in [0.5, 0.6) is 0 Å². The van der Waals surface area contributed by atoms with E-state index in [4.69, 9.17) is 0 Å². The first-order valence-electron chi connectivity index (χ1n) is 7.54. The molecule has 4 heteroatoms. The number of nitrogens with zero attached hydrogens (tertiary/aromatic N) is 1. The zero-order valence-corrected chi connectivity index (χ0v) is 12.6. The van der Waals surface area contributed by atoms with E-state index in [1.807, 2.05) is 0 Å². The summed E-state index contributed by atoms with van der Waals surface area (Å²) in [5, 5.41) is 2.89. The molecule has 1 saturated carbocycles. The van der Waals surface area contributed by atoms with Gasteiger partial charge in [-0.05, 0) is 18.8 Å². The van der Waals surface area contributed by atoms with E-state index in [0.717, 1.165) is 12.8 Å². The van der Waals surface area contributed by atoms with Gasteiger partial charge in [0.1, 0.15) is 0 Å². The summed E-state index contributed by atoms with van der Waals surface area (Å²) in [6.45, 7) is 6.59. The van der Waals surface area contributed by atoms with Gasteiger partial charge in [-0.2, -0.15) is 0 Å². The Morgan fingerprint density at radius 1 is 1.16 bits per heavy atom. The highest BCUT2D eigenvalue weighted by Crippen LogP contribution is 2.21. The van der Waals surface area contributed by atoms with Crippen molar-refractivity contribution in [3.63, 3.8) is 0 Å². The SMILES string of the molecule is CC(=O)N(CC(=O)NCC(C)C)C1CCCCCC1. The average Bonchev–Trinajstić information content (AvgIpc) is 2.61. The number of carbonyl (C=O) groups is 2. The van der Waals surface area contributed by atoms with Crippen LogP contribution in [0.25, 0.3) is 0 Å². The number of rotatable bonds is 5. The third-order valence-corrected chi connectivity index (χ3v) is 3.69. The molecule has 4 nitrogen and oxygen atoms in total. The summed E-state index contributed by atoms with van der Waals surface area (Å²) in [5.74, 6) is 0.423. The fourth-order valence-corrected chi connectivity index (χ4v) is 2.60. The van der Waals surface area contributed by atoms with Crippen LogP contribution in [-0.2, 0) is 9.59 Å². The predicted octanol–water partition coefficient (Wildman–Crippen LogP) is 2.33. The summed E-state index contributed by atoms with van der Waals surface area (Å²) in [6, 6.07) is 0.254. The molecule has 1 aliphatic carbocycles. The topological polar surface area (TPSA) is 49.4 Å². The molecule has 0 radical (unpaired) electrons. The third-order valence-electron chi connectivity index (χ3n) is 3.69. The smallest absolute Gasteiger partial charge is 0.239 e. The Hall–Kier alpha value is -1.06. The Morgan fingerprint density at radius 3 is 2.21 bits per heavy atom. The van der Waals surface area contributed by atoms with Gasteiger partial charge in [-0.25, -0.2) is 0 Å². The maximum Gasteiger partial charge on any atom is 0.239 e. The number of amides is 2. The zero-order valence-electron chi connectivity index (χ0n) is 12.6. The summed E-state index contributed by atoms with van der Waals surface area (Å²) in [4.78, 5) is 25.4. The fraction of sp³-hybridized carbons (Fsp3) is 0.867. The normalized spacial score (nSPS) is 17.1. The van der Waals surface area contributed by atoms with Crippen molar-refractivity contribution in [3.8, 4) is 0 Å². The van der Waals surface area contributed by atoms with Crippen LogP contribution in [-0.4, -0.2) is 35.8 Å². The molecule has 0 spiro atoms. The van der Waals surface area contributed by atoms with Crippen LogP contribution in [0.1, 0.15) is 59.3 Å². The molecule has 0 unspecified atom stereocenters. The van der Waals surface area contributed by atoms with Gasteiger partial charge < -0.3 is 10.2 Å². The van der Waals surface area contributed by atoms with Crippen LogP contribution in [0, 0.1) is 5.92 Å². The second-order valence-electron chi connectivity index (χ2n) is 5.99. The summed E-state index contributed by atoms with van der Waals surface area (Å²) >= 11 is 0. The van der Waals surface area contributed by atoms with Crippen LogP contribution in [0.2, 0.25) is 0 Å². The van der Waals surface area contributed by atoms with Gasteiger partial charge in [-0.15, -0.1) is 0 Å². The summed E-state index contributed by atoms with van der Waals surface area (Å²) in [5.41, 5.74) is 0. The molecule has 110 valence electrons.